The van der Waals surface area contributed by atoms with Gasteiger partial charge in [0, 0.05) is 19.1 Å². The largest absolute Gasteiger partial charge is 0.465 e. The van der Waals surface area contributed by atoms with Crippen molar-refractivity contribution < 1.29 is 27.1 Å². The SMILES string of the molecule is CCOC(=O)[C@H]1CCC(NCc2ccccc2)CN1.O=S(=O)(O)O. The van der Waals surface area contributed by atoms with Gasteiger partial charge in [-0.15, -0.1) is 0 Å². The maximum Gasteiger partial charge on any atom is 0.394 e. The van der Waals surface area contributed by atoms with Crippen LogP contribution in [0.1, 0.15) is 25.3 Å². The van der Waals surface area contributed by atoms with E-state index in [0.29, 0.717) is 12.6 Å². The fourth-order valence-electron chi connectivity index (χ4n) is 2.33. The molecule has 0 aliphatic carbocycles. The lowest BCUT2D eigenvalue weighted by Crippen LogP contribution is -2.51. The lowest BCUT2D eigenvalue weighted by atomic mass is 10.0. The molecule has 2 rings (SSSR count). The molecule has 1 aromatic rings. The van der Waals surface area contributed by atoms with Gasteiger partial charge in [-0.05, 0) is 25.3 Å². The third-order valence-electron chi connectivity index (χ3n) is 3.42. The van der Waals surface area contributed by atoms with E-state index >= 15 is 0 Å². The molecule has 1 unspecified atom stereocenters. The highest BCUT2D eigenvalue weighted by Gasteiger charge is 2.26. The highest BCUT2D eigenvalue weighted by molar-refractivity contribution is 7.79. The summed E-state index contributed by atoms with van der Waals surface area (Å²) in [6.45, 7) is 3.98. The number of nitrogens with one attached hydrogen (secondary N) is 2. The minimum Gasteiger partial charge on any atom is -0.465 e. The first-order valence-corrected chi connectivity index (χ1v) is 9.06. The van der Waals surface area contributed by atoms with E-state index in [0.717, 1.165) is 25.9 Å². The van der Waals surface area contributed by atoms with Crippen molar-refractivity contribution in [1.29, 1.82) is 0 Å². The Hall–Kier alpha value is -1.52. The predicted octanol–water partition coefficient (Wildman–Crippen LogP) is 0.807. The van der Waals surface area contributed by atoms with Crippen LogP contribution in [-0.2, 0) is 26.5 Å². The first-order valence-electron chi connectivity index (χ1n) is 7.66. The highest BCUT2D eigenvalue weighted by atomic mass is 32.3. The summed E-state index contributed by atoms with van der Waals surface area (Å²) in [5, 5.41) is 6.77. The molecule has 8 nitrogen and oxygen atoms in total. The third kappa shape index (κ3) is 9.58. The van der Waals surface area contributed by atoms with Gasteiger partial charge in [0.25, 0.3) is 0 Å². The van der Waals surface area contributed by atoms with Gasteiger partial charge in [0.1, 0.15) is 6.04 Å². The molecule has 0 radical (unpaired) electrons. The quantitative estimate of drug-likeness (QED) is 0.449. The molecule has 1 aliphatic heterocycles. The van der Waals surface area contributed by atoms with Crippen molar-refractivity contribution >= 4 is 16.4 Å². The predicted molar refractivity (Wildman–Crippen MR) is 88.9 cm³/mol. The molecular formula is C15H24N2O6S. The first kappa shape index (κ1) is 20.5. The van der Waals surface area contributed by atoms with Gasteiger partial charge in [-0.1, -0.05) is 30.3 Å². The molecule has 1 saturated heterocycles. The van der Waals surface area contributed by atoms with Crippen molar-refractivity contribution in [3.8, 4) is 0 Å². The zero-order valence-corrected chi connectivity index (χ0v) is 14.3. The van der Waals surface area contributed by atoms with E-state index < -0.39 is 10.4 Å². The number of carbonyl (C=O) groups excluding carboxylic acids is 1. The van der Waals surface area contributed by atoms with Gasteiger partial charge in [-0.2, -0.15) is 8.42 Å². The van der Waals surface area contributed by atoms with Crippen LogP contribution >= 0.6 is 0 Å². The van der Waals surface area contributed by atoms with Gasteiger partial charge in [0.15, 0.2) is 0 Å². The van der Waals surface area contributed by atoms with E-state index in [1.165, 1.54) is 5.56 Å². The van der Waals surface area contributed by atoms with Crippen LogP contribution in [0.15, 0.2) is 30.3 Å². The third-order valence-corrected chi connectivity index (χ3v) is 3.42. The Balaban J connectivity index is 0.000000505. The fourth-order valence-corrected chi connectivity index (χ4v) is 2.33. The van der Waals surface area contributed by atoms with E-state index in [1.54, 1.807) is 0 Å². The van der Waals surface area contributed by atoms with E-state index in [-0.39, 0.29) is 12.0 Å². The molecule has 4 N–H and O–H groups in total. The second-order valence-corrected chi connectivity index (χ2v) is 6.20. The maximum absolute atomic E-state index is 11.6. The summed E-state index contributed by atoms with van der Waals surface area (Å²) in [5.41, 5.74) is 1.29. The Morgan fingerprint density at radius 3 is 2.42 bits per heavy atom. The molecule has 1 aliphatic rings. The number of esters is 1. The van der Waals surface area contributed by atoms with Crippen LogP contribution in [0.2, 0.25) is 0 Å². The lowest BCUT2D eigenvalue weighted by Gasteiger charge is -2.29. The number of hydrogen-bond donors (Lipinski definition) is 4. The summed E-state index contributed by atoms with van der Waals surface area (Å²) < 4.78 is 36.6. The van der Waals surface area contributed by atoms with Crippen molar-refractivity contribution in [3.63, 3.8) is 0 Å². The molecule has 0 aromatic heterocycles. The Labute approximate surface area is 142 Å². The van der Waals surface area contributed by atoms with Gasteiger partial charge in [-0.25, -0.2) is 0 Å². The molecule has 0 amide bonds. The maximum atomic E-state index is 11.6. The van der Waals surface area contributed by atoms with Crippen LogP contribution in [0.25, 0.3) is 0 Å². The van der Waals surface area contributed by atoms with E-state index in [2.05, 4.69) is 22.8 Å². The van der Waals surface area contributed by atoms with Gasteiger partial charge >= 0.3 is 16.4 Å². The Kier molecular flexibility index (Phi) is 8.87. The summed E-state index contributed by atoms with van der Waals surface area (Å²) in [6, 6.07) is 10.6. The average Bonchev–Trinajstić information content (AvgIpc) is 2.53. The van der Waals surface area contributed by atoms with Crippen LogP contribution in [-0.4, -0.2) is 48.7 Å². The van der Waals surface area contributed by atoms with Crippen molar-refractivity contribution in [2.45, 2.75) is 38.4 Å². The number of hydrogen-bond acceptors (Lipinski definition) is 6. The fraction of sp³-hybridized carbons (Fsp3) is 0.533. The number of piperidine rings is 1. The molecule has 2 atom stereocenters. The molecule has 0 spiro atoms. The lowest BCUT2D eigenvalue weighted by molar-refractivity contribution is -0.146. The molecule has 9 heteroatoms. The molecule has 1 fully saturated rings. The van der Waals surface area contributed by atoms with Crippen molar-refractivity contribution in [3.05, 3.63) is 35.9 Å². The van der Waals surface area contributed by atoms with Crippen LogP contribution in [0.5, 0.6) is 0 Å². The second-order valence-electron chi connectivity index (χ2n) is 5.30. The zero-order chi connectivity index (χ0) is 18.0. The minimum atomic E-state index is -4.67. The minimum absolute atomic E-state index is 0.121. The standard InChI is InChI=1S/C15H22N2O2.H2O4S/c1-2-19-15(18)14-9-8-13(11-17-14)16-10-12-6-4-3-5-7-12;1-5(2,3)4/h3-7,13-14,16-17H,2,8-11H2,1H3;(H2,1,2,3,4)/t13?,14-;/m1./s1. The van der Waals surface area contributed by atoms with Crippen molar-refractivity contribution in [2.24, 2.45) is 0 Å². The van der Waals surface area contributed by atoms with Crippen LogP contribution < -0.4 is 10.6 Å². The number of rotatable bonds is 5. The van der Waals surface area contributed by atoms with Gasteiger partial charge in [0.05, 0.1) is 6.61 Å². The monoisotopic (exact) mass is 360 g/mol. The molecule has 0 bridgehead atoms. The summed E-state index contributed by atoms with van der Waals surface area (Å²) in [6.07, 6.45) is 1.84. The summed E-state index contributed by atoms with van der Waals surface area (Å²) in [5.74, 6) is -0.121. The molecular weight excluding hydrogens is 336 g/mol. The summed E-state index contributed by atoms with van der Waals surface area (Å²) in [7, 11) is -4.67. The Bertz CT molecular complexity index is 577. The van der Waals surface area contributed by atoms with Crippen LogP contribution in [0.3, 0.4) is 0 Å². The van der Waals surface area contributed by atoms with E-state index in [4.69, 9.17) is 22.3 Å². The van der Waals surface area contributed by atoms with E-state index in [1.807, 2.05) is 25.1 Å². The molecule has 1 aromatic carbocycles. The van der Waals surface area contributed by atoms with Crippen LogP contribution in [0.4, 0.5) is 0 Å². The Morgan fingerprint density at radius 2 is 1.92 bits per heavy atom. The number of ether oxygens (including phenoxy) is 1. The van der Waals surface area contributed by atoms with E-state index in [9.17, 15) is 4.79 Å². The number of benzene rings is 1. The topological polar surface area (TPSA) is 125 Å². The average molecular weight is 360 g/mol. The Morgan fingerprint density at radius 1 is 1.29 bits per heavy atom. The van der Waals surface area contributed by atoms with Gasteiger partial charge < -0.3 is 15.4 Å². The van der Waals surface area contributed by atoms with Gasteiger partial charge in [0.2, 0.25) is 0 Å². The number of carbonyl (C=O) groups is 1. The molecule has 136 valence electrons. The second kappa shape index (κ2) is 10.4. The normalized spacial score (nSPS) is 20.6. The smallest absolute Gasteiger partial charge is 0.394 e. The first-order chi connectivity index (χ1) is 11.3. The summed E-state index contributed by atoms with van der Waals surface area (Å²) >= 11 is 0. The highest BCUT2D eigenvalue weighted by Crippen LogP contribution is 2.10. The molecule has 24 heavy (non-hydrogen) atoms. The van der Waals surface area contributed by atoms with Gasteiger partial charge in [-0.3, -0.25) is 13.9 Å². The molecule has 1 heterocycles. The zero-order valence-electron chi connectivity index (χ0n) is 13.5. The van der Waals surface area contributed by atoms with Crippen molar-refractivity contribution in [1.82, 2.24) is 10.6 Å². The summed E-state index contributed by atoms with van der Waals surface area (Å²) in [4.78, 5) is 11.6. The van der Waals surface area contributed by atoms with Crippen LogP contribution in [0, 0.1) is 0 Å². The molecule has 0 saturated carbocycles. The van der Waals surface area contributed by atoms with Crippen molar-refractivity contribution in [2.75, 3.05) is 13.2 Å².